The minimum Gasteiger partial charge on any atom is -0.391 e. The number of fused-ring (bicyclic) bond motifs is 1. The summed E-state index contributed by atoms with van der Waals surface area (Å²) in [6.45, 7) is 7.84. The van der Waals surface area contributed by atoms with Gasteiger partial charge in [0.1, 0.15) is 11.4 Å². The SMILES string of the molecule is CC1COCCN1c1nc(-c2ccc(NC(=O)N[C@H]3CCC[C@@H]3O)cc2)nc2c1CCN(C(=O)C(C)(C)O)C2. The van der Waals surface area contributed by atoms with Crippen molar-refractivity contribution in [1.82, 2.24) is 20.2 Å². The van der Waals surface area contributed by atoms with E-state index in [-0.39, 0.29) is 24.0 Å². The van der Waals surface area contributed by atoms with Gasteiger partial charge >= 0.3 is 6.03 Å². The smallest absolute Gasteiger partial charge is 0.319 e. The molecule has 0 spiro atoms. The largest absolute Gasteiger partial charge is 0.391 e. The van der Waals surface area contributed by atoms with Gasteiger partial charge in [0.15, 0.2) is 5.82 Å². The molecular weight excluding hydrogens is 500 g/mol. The lowest BCUT2D eigenvalue weighted by Crippen LogP contribution is -2.48. The average molecular weight is 539 g/mol. The highest BCUT2D eigenvalue weighted by atomic mass is 16.5. The van der Waals surface area contributed by atoms with E-state index in [0.29, 0.717) is 57.2 Å². The zero-order valence-corrected chi connectivity index (χ0v) is 22.8. The molecule has 1 aromatic carbocycles. The van der Waals surface area contributed by atoms with E-state index in [1.165, 1.54) is 13.8 Å². The summed E-state index contributed by atoms with van der Waals surface area (Å²) in [5, 5.41) is 25.9. The van der Waals surface area contributed by atoms with E-state index in [4.69, 9.17) is 14.7 Å². The van der Waals surface area contributed by atoms with E-state index in [2.05, 4.69) is 22.5 Å². The third-order valence-corrected chi connectivity index (χ3v) is 7.69. The summed E-state index contributed by atoms with van der Waals surface area (Å²) < 4.78 is 5.65. The first-order chi connectivity index (χ1) is 18.6. The summed E-state index contributed by atoms with van der Waals surface area (Å²) in [7, 11) is 0. The molecule has 39 heavy (non-hydrogen) atoms. The van der Waals surface area contributed by atoms with Crippen molar-refractivity contribution in [2.24, 2.45) is 0 Å². The number of morpholine rings is 1. The number of nitrogens with one attached hydrogen (secondary N) is 2. The Morgan fingerprint density at radius 3 is 2.56 bits per heavy atom. The van der Waals surface area contributed by atoms with Crippen molar-refractivity contribution >= 4 is 23.4 Å². The van der Waals surface area contributed by atoms with Crippen molar-refractivity contribution in [1.29, 1.82) is 0 Å². The number of ether oxygens (including phenoxy) is 1. The molecule has 11 nitrogen and oxygen atoms in total. The number of amides is 3. The van der Waals surface area contributed by atoms with E-state index in [1.807, 2.05) is 12.1 Å². The van der Waals surface area contributed by atoms with Gasteiger partial charge in [-0.25, -0.2) is 14.8 Å². The maximum absolute atomic E-state index is 12.8. The lowest BCUT2D eigenvalue weighted by molar-refractivity contribution is -0.148. The van der Waals surface area contributed by atoms with Crippen LogP contribution in [0.25, 0.3) is 11.4 Å². The number of urea groups is 1. The molecule has 1 saturated carbocycles. The van der Waals surface area contributed by atoms with E-state index in [1.54, 1.807) is 17.0 Å². The van der Waals surface area contributed by atoms with Gasteiger partial charge in [-0.05, 0) is 70.7 Å². The van der Waals surface area contributed by atoms with Crippen molar-refractivity contribution in [3.63, 3.8) is 0 Å². The molecule has 2 fully saturated rings. The number of benzene rings is 1. The number of aliphatic hydroxyl groups excluding tert-OH is 1. The van der Waals surface area contributed by atoms with Crippen LogP contribution in [0.5, 0.6) is 0 Å². The van der Waals surface area contributed by atoms with Crippen molar-refractivity contribution < 1.29 is 24.5 Å². The first kappa shape index (κ1) is 27.3. The van der Waals surface area contributed by atoms with Crippen molar-refractivity contribution in [3.8, 4) is 11.4 Å². The standard InChI is InChI=1S/C28H38N6O5/c1-17-16-39-14-13-34(17)25-20-11-12-33(26(36)28(2,3)38)15-22(20)30-24(32-25)18-7-9-19(10-8-18)29-27(37)31-21-5-4-6-23(21)35/h7-10,17,21,23,35,38H,4-6,11-16H2,1-3H3,(H2,29,31,37)/t17?,21-,23-/m0/s1. The van der Waals surface area contributed by atoms with Crippen LogP contribution in [0.2, 0.25) is 0 Å². The normalized spacial score (nSPS) is 23.4. The number of carbonyl (C=O) groups is 2. The highest BCUT2D eigenvalue weighted by Gasteiger charge is 2.35. The van der Waals surface area contributed by atoms with Gasteiger partial charge in [-0.3, -0.25) is 4.79 Å². The van der Waals surface area contributed by atoms with Crippen LogP contribution >= 0.6 is 0 Å². The lowest BCUT2D eigenvalue weighted by Gasteiger charge is -2.38. The molecule has 3 heterocycles. The van der Waals surface area contributed by atoms with E-state index in [0.717, 1.165) is 35.5 Å². The Bertz CT molecular complexity index is 1210. The van der Waals surface area contributed by atoms with E-state index in [9.17, 15) is 19.8 Å². The van der Waals surface area contributed by atoms with Gasteiger partial charge in [-0.15, -0.1) is 0 Å². The molecule has 0 radical (unpaired) electrons. The van der Waals surface area contributed by atoms with Gasteiger partial charge in [-0.1, -0.05) is 0 Å². The summed E-state index contributed by atoms with van der Waals surface area (Å²) in [6, 6.07) is 6.88. The predicted molar refractivity (Wildman–Crippen MR) is 146 cm³/mol. The summed E-state index contributed by atoms with van der Waals surface area (Å²) in [4.78, 5) is 39.0. The number of hydrogen-bond donors (Lipinski definition) is 4. The Hall–Kier alpha value is -3.28. The third-order valence-electron chi connectivity index (χ3n) is 7.69. The van der Waals surface area contributed by atoms with Crippen LogP contribution in [0, 0.1) is 0 Å². The van der Waals surface area contributed by atoms with Gasteiger partial charge in [0.2, 0.25) is 0 Å². The summed E-state index contributed by atoms with van der Waals surface area (Å²) in [5.74, 6) is 1.07. The number of aromatic nitrogens is 2. The predicted octanol–water partition coefficient (Wildman–Crippen LogP) is 2.06. The molecule has 11 heteroatoms. The highest BCUT2D eigenvalue weighted by molar-refractivity contribution is 5.89. The molecule has 3 amide bonds. The van der Waals surface area contributed by atoms with Crippen LogP contribution in [0.4, 0.5) is 16.3 Å². The second-order valence-electron chi connectivity index (χ2n) is 11.2. The Morgan fingerprint density at radius 2 is 1.90 bits per heavy atom. The number of aliphatic hydroxyl groups is 2. The van der Waals surface area contributed by atoms with Gasteiger partial charge in [-0.2, -0.15) is 0 Å². The topological polar surface area (TPSA) is 140 Å². The van der Waals surface area contributed by atoms with Crippen LogP contribution in [0.1, 0.15) is 51.3 Å². The second-order valence-corrected chi connectivity index (χ2v) is 11.2. The van der Waals surface area contributed by atoms with Crippen LogP contribution in [0.3, 0.4) is 0 Å². The zero-order valence-electron chi connectivity index (χ0n) is 22.8. The fourth-order valence-electron chi connectivity index (χ4n) is 5.53. The third kappa shape index (κ3) is 6.00. The number of hydrogen-bond acceptors (Lipinski definition) is 8. The highest BCUT2D eigenvalue weighted by Crippen LogP contribution is 2.32. The van der Waals surface area contributed by atoms with Gasteiger partial charge in [0, 0.05) is 29.9 Å². The second kappa shape index (κ2) is 11.1. The monoisotopic (exact) mass is 538 g/mol. The Balaban J connectivity index is 1.40. The molecule has 1 unspecified atom stereocenters. The Labute approximate surface area is 228 Å². The maximum atomic E-state index is 12.8. The van der Waals surface area contributed by atoms with Crippen LogP contribution < -0.4 is 15.5 Å². The molecular formula is C28H38N6O5. The minimum atomic E-state index is -1.46. The Morgan fingerprint density at radius 1 is 1.13 bits per heavy atom. The summed E-state index contributed by atoms with van der Waals surface area (Å²) in [5.41, 5.74) is 1.74. The van der Waals surface area contributed by atoms with Crippen LogP contribution in [0.15, 0.2) is 24.3 Å². The van der Waals surface area contributed by atoms with E-state index < -0.39 is 11.7 Å². The number of carbonyl (C=O) groups excluding carboxylic acids is 2. The quantitative estimate of drug-likeness (QED) is 0.454. The molecule has 2 aromatic rings. The van der Waals surface area contributed by atoms with E-state index >= 15 is 0 Å². The van der Waals surface area contributed by atoms with Gasteiger partial charge in [0.05, 0.1) is 43.6 Å². The van der Waals surface area contributed by atoms with Crippen LogP contribution in [-0.4, -0.2) is 87.1 Å². The fourth-order valence-corrected chi connectivity index (χ4v) is 5.53. The lowest BCUT2D eigenvalue weighted by atomic mass is 10.0. The molecule has 4 N–H and O–H groups in total. The van der Waals surface area contributed by atoms with Crippen LogP contribution in [-0.2, 0) is 22.5 Å². The molecule has 2 aliphatic heterocycles. The summed E-state index contributed by atoms with van der Waals surface area (Å²) >= 11 is 0. The first-order valence-electron chi connectivity index (χ1n) is 13.7. The minimum absolute atomic E-state index is 0.144. The molecule has 5 rings (SSSR count). The summed E-state index contributed by atoms with van der Waals surface area (Å²) in [6.07, 6.45) is 2.47. The molecule has 3 aliphatic rings. The molecule has 1 aromatic heterocycles. The zero-order chi connectivity index (χ0) is 27.7. The number of rotatable bonds is 5. The number of anilines is 2. The molecule has 210 valence electrons. The maximum Gasteiger partial charge on any atom is 0.319 e. The van der Waals surface area contributed by atoms with Gasteiger partial charge < -0.3 is 35.4 Å². The number of nitrogens with zero attached hydrogens (tertiary/aromatic N) is 4. The molecule has 3 atom stereocenters. The van der Waals surface area contributed by atoms with Crippen molar-refractivity contribution in [3.05, 3.63) is 35.5 Å². The fraction of sp³-hybridized carbons (Fsp3) is 0.571. The molecule has 1 saturated heterocycles. The molecule has 0 bridgehead atoms. The average Bonchev–Trinajstić information content (AvgIpc) is 3.31. The van der Waals surface area contributed by atoms with Gasteiger partial charge in [0.25, 0.3) is 5.91 Å². The first-order valence-corrected chi connectivity index (χ1v) is 13.7. The van der Waals surface area contributed by atoms with Crippen molar-refractivity contribution in [2.75, 3.05) is 36.5 Å². The molecule has 1 aliphatic carbocycles. The Kier molecular flexibility index (Phi) is 7.75. The van der Waals surface area contributed by atoms with Crippen molar-refractivity contribution in [2.45, 2.75) is 76.8 Å².